The summed E-state index contributed by atoms with van der Waals surface area (Å²) in [4.78, 5) is 10.6. The zero-order valence-corrected chi connectivity index (χ0v) is 6.61. The summed E-state index contributed by atoms with van der Waals surface area (Å²) in [6, 6.07) is -0.805. The van der Waals surface area contributed by atoms with Crippen molar-refractivity contribution < 1.29 is 20.5 Å². The van der Waals surface area contributed by atoms with Crippen LogP contribution in [0.3, 0.4) is 0 Å². The number of phenolic OH excluding ortho intramolecular Hbond substituents is 1. The van der Waals surface area contributed by atoms with Gasteiger partial charge in [-0.25, -0.2) is 0 Å². The number of phenols is 1. The van der Waals surface area contributed by atoms with Crippen LogP contribution >= 0.6 is 0 Å². The minimum absolute atomic E-state index is 0.222. The second kappa shape index (κ2) is 3.91. The third kappa shape index (κ3) is 2.76. The summed E-state index contributed by atoms with van der Waals surface area (Å²) in [7, 11) is 0. The van der Waals surface area contributed by atoms with Gasteiger partial charge >= 0.3 is 5.97 Å². The fourth-order valence-electron chi connectivity index (χ4n) is 0.700. The number of benzene rings is 1. The van der Waals surface area contributed by atoms with Crippen LogP contribution in [0, 0.1) is 0 Å². The molecule has 1 rings (SSSR count). The van der Waals surface area contributed by atoms with Crippen molar-refractivity contribution in [2.45, 2.75) is 12.4 Å². The number of hydrogen-bond donors (Lipinski definition) is 3. The molecule has 4 N–H and O–H groups in total. The first kappa shape index (κ1) is 5.24. The Morgan fingerprint density at radius 1 is 1.69 bits per heavy atom. The maximum absolute atomic E-state index is 10.6. The van der Waals surface area contributed by atoms with E-state index < -0.39 is 36.2 Å². The van der Waals surface area contributed by atoms with Crippen LogP contribution in [0.15, 0.2) is 24.2 Å². The van der Waals surface area contributed by atoms with E-state index in [1.807, 2.05) is 0 Å². The van der Waals surface area contributed by atoms with E-state index in [1.165, 1.54) is 0 Å². The maximum Gasteiger partial charge on any atom is 0.320 e. The monoisotopic (exact) mass is 185 g/mol. The molecule has 1 atom stereocenters. The molecule has 0 bridgehead atoms. The van der Waals surface area contributed by atoms with E-state index in [-0.39, 0.29) is 5.56 Å². The van der Waals surface area contributed by atoms with Crippen molar-refractivity contribution in [1.29, 1.82) is 0 Å². The van der Waals surface area contributed by atoms with Gasteiger partial charge in [-0.3, -0.25) is 4.79 Å². The molecule has 0 unspecified atom stereocenters. The Labute approximate surface area is 81.2 Å². The van der Waals surface area contributed by atoms with Gasteiger partial charge in [-0.1, -0.05) is 12.1 Å². The number of aliphatic carboxylic acids is 1. The first-order valence-corrected chi connectivity index (χ1v) is 3.47. The van der Waals surface area contributed by atoms with Gasteiger partial charge in [-0.05, 0) is 24.0 Å². The van der Waals surface area contributed by atoms with E-state index in [0.29, 0.717) is 0 Å². The van der Waals surface area contributed by atoms with Crippen molar-refractivity contribution in [3.05, 3.63) is 29.8 Å². The number of hydrogen-bond acceptors (Lipinski definition) is 3. The molecule has 0 aliphatic heterocycles. The first-order chi connectivity index (χ1) is 7.67. The van der Waals surface area contributed by atoms with Gasteiger partial charge in [0.1, 0.15) is 11.8 Å². The number of aromatic hydroxyl groups is 1. The lowest BCUT2D eigenvalue weighted by Gasteiger charge is -2.05. The molecular weight excluding hydrogens is 170 g/mol. The van der Waals surface area contributed by atoms with E-state index in [0.717, 1.165) is 12.1 Å². The Morgan fingerprint density at radius 2 is 2.23 bits per heavy atom. The van der Waals surface area contributed by atoms with E-state index in [9.17, 15) is 9.90 Å². The molecule has 4 nitrogen and oxygen atoms in total. The van der Waals surface area contributed by atoms with Crippen molar-refractivity contribution in [2.24, 2.45) is 5.73 Å². The highest BCUT2D eigenvalue weighted by atomic mass is 16.4. The minimum atomic E-state index is -2.43. The fourth-order valence-corrected chi connectivity index (χ4v) is 0.700. The maximum atomic E-state index is 10.6. The summed E-state index contributed by atoms with van der Waals surface area (Å²) in [5, 5.41) is 17.9. The topological polar surface area (TPSA) is 83.6 Å². The van der Waals surface area contributed by atoms with Gasteiger partial charge in [0.2, 0.25) is 0 Å². The highest BCUT2D eigenvalue weighted by Crippen LogP contribution is 2.10. The summed E-state index contributed by atoms with van der Waals surface area (Å²) in [6.07, 6.45) is -2.43. The Bertz CT molecular complexity index is 441. The van der Waals surface area contributed by atoms with Crippen LogP contribution in [0.4, 0.5) is 0 Å². The summed E-state index contributed by atoms with van der Waals surface area (Å²) >= 11 is 0. The molecule has 0 amide bonds. The second-order valence-electron chi connectivity index (χ2n) is 2.34. The van der Waals surface area contributed by atoms with Gasteiger partial charge in [0.05, 0.1) is 2.74 Å². The van der Waals surface area contributed by atoms with Gasteiger partial charge in [0.15, 0.2) is 0 Å². The largest absolute Gasteiger partial charge is 0.508 e. The lowest BCUT2D eigenvalue weighted by molar-refractivity contribution is -0.138. The molecule has 13 heavy (non-hydrogen) atoms. The van der Waals surface area contributed by atoms with Crippen LogP contribution in [-0.2, 0) is 11.2 Å². The molecule has 0 radical (unpaired) electrons. The summed E-state index contributed by atoms with van der Waals surface area (Å²) in [5.74, 6) is -2.12. The molecule has 0 spiro atoms. The van der Waals surface area contributed by atoms with Crippen molar-refractivity contribution in [3.63, 3.8) is 0 Å². The molecule has 0 aromatic heterocycles. The Balaban J connectivity index is 3.29. The third-order valence-electron chi connectivity index (χ3n) is 1.32. The number of rotatable bonds is 3. The first-order valence-electron chi connectivity index (χ1n) is 5.47. The van der Waals surface area contributed by atoms with Crippen LogP contribution in [0.1, 0.15) is 11.0 Å². The molecule has 0 aliphatic carbocycles. The standard InChI is InChI=1S/C9H11NO3/c10-8(9(12)13)5-6-1-3-7(11)4-2-6/h1-4,8,11H,5,10H2,(H,12,13)/t8-/m0/s1/i3D,4D,5D2. The highest BCUT2D eigenvalue weighted by molar-refractivity contribution is 5.73. The number of carboxylic acid groups (broad SMARTS) is 1. The number of carboxylic acids is 1. The zero-order valence-electron chi connectivity index (χ0n) is 10.6. The molecular formula is C9H11NO3. The van der Waals surface area contributed by atoms with Crippen LogP contribution < -0.4 is 5.73 Å². The number of nitrogens with two attached hydrogens (primary N) is 1. The van der Waals surface area contributed by atoms with E-state index in [4.69, 9.17) is 16.3 Å². The lowest BCUT2D eigenvalue weighted by Crippen LogP contribution is -2.32. The molecule has 0 saturated heterocycles. The Hall–Kier alpha value is -1.55. The van der Waals surface area contributed by atoms with Crippen LogP contribution in [-0.4, -0.2) is 22.2 Å². The van der Waals surface area contributed by atoms with Crippen molar-refractivity contribution in [3.8, 4) is 5.75 Å². The molecule has 1 aromatic carbocycles. The molecule has 0 fully saturated rings. The number of carbonyl (C=O) groups is 1. The average Bonchev–Trinajstić information content (AvgIpc) is 2.23. The lowest BCUT2D eigenvalue weighted by atomic mass is 10.1. The Morgan fingerprint density at radius 3 is 2.69 bits per heavy atom. The third-order valence-corrected chi connectivity index (χ3v) is 1.32. The van der Waals surface area contributed by atoms with Crippen molar-refractivity contribution in [2.75, 3.05) is 0 Å². The molecule has 70 valence electrons. The molecule has 0 aliphatic rings. The minimum Gasteiger partial charge on any atom is -0.508 e. The van der Waals surface area contributed by atoms with Crippen LogP contribution in [0.2, 0.25) is 0 Å². The predicted octanol–water partition coefficient (Wildman–Crippen LogP) is 0.347. The van der Waals surface area contributed by atoms with Gasteiger partial charge in [0, 0.05) is 2.74 Å². The van der Waals surface area contributed by atoms with Gasteiger partial charge < -0.3 is 15.9 Å². The van der Waals surface area contributed by atoms with Gasteiger partial charge in [0.25, 0.3) is 0 Å². The summed E-state index contributed by atoms with van der Waals surface area (Å²) in [6.45, 7) is 0. The zero-order chi connectivity index (χ0) is 13.4. The molecule has 4 heteroatoms. The van der Waals surface area contributed by atoms with Gasteiger partial charge in [-0.2, -0.15) is 0 Å². The summed E-state index contributed by atoms with van der Waals surface area (Å²) in [5.41, 5.74) is 4.98. The predicted molar refractivity (Wildman–Crippen MR) is 47.4 cm³/mol. The normalized spacial score (nSPS) is 17.9. The van der Waals surface area contributed by atoms with Crippen molar-refractivity contribution >= 4 is 5.97 Å². The van der Waals surface area contributed by atoms with Gasteiger partial charge in [-0.15, -0.1) is 0 Å². The smallest absolute Gasteiger partial charge is 0.320 e. The average molecular weight is 185 g/mol. The molecule has 0 heterocycles. The molecule has 1 aromatic rings. The quantitative estimate of drug-likeness (QED) is 0.634. The van der Waals surface area contributed by atoms with E-state index >= 15 is 0 Å². The highest BCUT2D eigenvalue weighted by Gasteiger charge is 2.11. The fraction of sp³-hybridized carbons (Fsp3) is 0.222. The molecule has 0 saturated carbocycles. The van der Waals surface area contributed by atoms with Crippen molar-refractivity contribution in [1.82, 2.24) is 0 Å². The van der Waals surface area contributed by atoms with E-state index in [1.54, 1.807) is 0 Å². The van der Waals surface area contributed by atoms with Crippen LogP contribution in [0.25, 0.3) is 0 Å². The van der Waals surface area contributed by atoms with E-state index in [2.05, 4.69) is 0 Å². The second-order valence-corrected chi connectivity index (χ2v) is 2.34. The SMILES string of the molecule is [2H]c1cc(C([2H])([2H])[C@H](N)C(=O)O)cc([2H])c1O. The Kier molecular flexibility index (Phi) is 1.58. The van der Waals surface area contributed by atoms with Crippen LogP contribution in [0.5, 0.6) is 5.75 Å². The summed E-state index contributed by atoms with van der Waals surface area (Å²) < 4.78 is 29.8.